The SMILES string of the molecule is CCCCCCN(CCCCCC)Cc1cccc(O)c1O. The van der Waals surface area contributed by atoms with E-state index in [1.807, 2.05) is 6.07 Å². The van der Waals surface area contributed by atoms with Gasteiger partial charge in [-0.1, -0.05) is 64.5 Å². The molecular formula is C19H33NO2. The predicted molar refractivity (Wildman–Crippen MR) is 93.3 cm³/mol. The number of phenolic OH excluding ortho intramolecular Hbond substituents is 2. The number of unbranched alkanes of at least 4 members (excludes halogenated alkanes) is 6. The molecule has 0 aliphatic heterocycles. The number of para-hydroxylation sites is 1. The van der Waals surface area contributed by atoms with Gasteiger partial charge in [-0.15, -0.1) is 0 Å². The van der Waals surface area contributed by atoms with E-state index in [0.717, 1.165) is 25.2 Å². The molecule has 2 N–H and O–H groups in total. The third-order valence-electron chi connectivity index (χ3n) is 4.15. The molecule has 0 saturated heterocycles. The lowest BCUT2D eigenvalue weighted by molar-refractivity contribution is 0.248. The number of benzene rings is 1. The fraction of sp³-hybridized carbons (Fsp3) is 0.684. The summed E-state index contributed by atoms with van der Waals surface area (Å²) in [6.45, 7) is 7.32. The first kappa shape index (κ1) is 18.8. The standard InChI is InChI=1S/C19H33NO2/c1-3-5-7-9-14-20(15-10-8-6-4-2)16-17-12-11-13-18(21)19(17)22/h11-13,21-22H,3-10,14-16H2,1-2H3. The topological polar surface area (TPSA) is 43.7 Å². The Labute approximate surface area is 136 Å². The monoisotopic (exact) mass is 307 g/mol. The van der Waals surface area contributed by atoms with E-state index in [-0.39, 0.29) is 11.5 Å². The minimum Gasteiger partial charge on any atom is -0.504 e. The summed E-state index contributed by atoms with van der Waals surface area (Å²) in [6, 6.07) is 5.24. The second-order valence-corrected chi connectivity index (χ2v) is 6.18. The summed E-state index contributed by atoms with van der Waals surface area (Å²) in [5, 5.41) is 19.6. The quantitative estimate of drug-likeness (QED) is 0.419. The first-order chi connectivity index (χ1) is 10.7. The molecule has 126 valence electrons. The lowest BCUT2D eigenvalue weighted by Gasteiger charge is -2.23. The molecule has 0 aliphatic carbocycles. The molecule has 22 heavy (non-hydrogen) atoms. The van der Waals surface area contributed by atoms with Crippen LogP contribution in [-0.4, -0.2) is 28.2 Å². The number of nitrogens with zero attached hydrogens (tertiary/aromatic N) is 1. The number of hydrogen-bond donors (Lipinski definition) is 2. The Morgan fingerprint density at radius 2 is 1.41 bits per heavy atom. The maximum atomic E-state index is 9.99. The Bertz CT molecular complexity index is 394. The lowest BCUT2D eigenvalue weighted by atomic mass is 10.1. The highest BCUT2D eigenvalue weighted by atomic mass is 16.3. The van der Waals surface area contributed by atoms with Crippen LogP contribution in [0.3, 0.4) is 0 Å². The van der Waals surface area contributed by atoms with Crippen molar-refractivity contribution in [1.29, 1.82) is 0 Å². The first-order valence-electron chi connectivity index (χ1n) is 8.91. The Morgan fingerprint density at radius 3 is 1.95 bits per heavy atom. The molecular weight excluding hydrogens is 274 g/mol. The summed E-state index contributed by atoms with van der Waals surface area (Å²) in [6.07, 6.45) is 10.1. The summed E-state index contributed by atoms with van der Waals surface area (Å²) in [5.41, 5.74) is 0.825. The maximum absolute atomic E-state index is 9.99. The van der Waals surface area contributed by atoms with Gasteiger partial charge in [0.25, 0.3) is 0 Å². The Morgan fingerprint density at radius 1 is 0.818 bits per heavy atom. The van der Waals surface area contributed by atoms with Gasteiger partial charge in [-0.2, -0.15) is 0 Å². The maximum Gasteiger partial charge on any atom is 0.161 e. The molecule has 3 nitrogen and oxygen atoms in total. The second kappa shape index (κ2) is 11.4. The zero-order valence-electron chi connectivity index (χ0n) is 14.4. The largest absolute Gasteiger partial charge is 0.504 e. The molecule has 0 spiro atoms. The van der Waals surface area contributed by atoms with Crippen molar-refractivity contribution in [2.24, 2.45) is 0 Å². The highest BCUT2D eigenvalue weighted by molar-refractivity contribution is 5.44. The summed E-state index contributed by atoms with van der Waals surface area (Å²) < 4.78 is 0. The summed E-state index contributed by atoms with van der Waals surface area (Å²) in [4.78, 5) is 2.42. The van der Waals surface area contributed by atoms with Gasteiger partial charge in [0.2, 0.25) is 0 Å². The van der Waals surface area contributed by atoms with Gasteiger partial charge in [0.15, 0.2) is 11.5 Å². The molecule has 0 heterocycles. The van der Waals surface area contributed by atoms with Crippen LogP contribution in [0.4, 0.5) is 0 Å². The van der Waals surface area contributed by atoms with Crippen LogP contribution in [0.5, 0.6) is 11.5 Å². The molecule has 0 atom stereocenters. The lowest BCUT2D eigenvalue weighted by Crippen LogP contribution is -2.25. The van der Waals surface area contributed by atoms with E-state index in [2.05, 4.69) is 18.7 Å². The molecule has 0 aromatic heterocycles. The van der Waals surface area contributed by atoms with Crippen LogP contribution in [0.15, 0.2) is 18.2 Å². The molecule has 3 heteroatoms. The Kier molecular flexibility index (Phi) is 9.72. The van der Waals surface area contributed by atoms with Crippen LogP contribution < -0.4 is 0 Å². The van der Waals surface area contributed by atoms with Gasteiger partial charge in [0, 0.05) is 12.1 Å². The van der Waals surface area contributed by atoms with E-state index < -0.39 is 0 Å². The van der Waals surface area contributed by atoms with Crippen molar-refractivity contribution in [2.45, 2.75) is 71.8 Å². The average Bonchev–Trinajstić information content (AvgIpc) is 2.52. The van der Waals surface area contributed by atoms with Crippen LogP contribution in [-0.2, 0) is 6.54 Å². The number of aromatic hydroxyl groups is 2. The highest BCUT2D eigenvalue weighted by Crippen LogP contribution is 2.29. The van der Waals surface area contributed by atoms with Gasteiger partial charge >= 0.3 is 0 Å². The van der Waals surface area contributed by atoms with Gasteiger partial charge in [0.1, 0.15) is 0 Å². The van der Waals surface area contributed by atoms with Gasteiger partial charge in [0.05, 0.1) is 0 Å². The Balaban J connectivity index is 2.53. The summed E-state index contributed by atoms with van der Waals surface area (Å²) in [5.74, 6) is 0.0176. The molecule has 1 aromatic rings. The van der Waals surface area contributed by atoms with Crippen molar-refractivity contribution in [3.63, 3.8) is 0 Å². The van der Waals surface area contributed by atoms with Crippen molar-refractivity contribution >= 4 is 0 Å². The molecule has 0 unspecified atom stereocenters. The van der Waals surface area contributed by atoms with E-state index in [4.69, 9.17) is 0 Å². The molecule has 0 amide bonds. The van der Waals surface area contributed by atoms with E-state index in [9.17, 15) is 10.2 Å². The number of hydrogen-bond acceptors (Lipinski definition) is 3. The molecule has 0 fully saturated rings. The first-order valence-corrected chi connectivity index (χ1v) is 8.91. The van der Waals surface area contributed by atoms with E-state index in [1.165, 1.54) is 57.4 Å². The molecule has 0 radical (unpaired) electrons. The van der Waals surface area contributed by atoms with Crippen LogP contribution >= 0.6 is 0 Å². The summed E-state index contributed by atoms with van der Waals surface area (Å²) in [7, 11) is 0. The molecule has 0 aliphatic rings. The van der Waals surface area contributed by atoms with E-state index in [1.54, 1.807) is 6.07 Å². The normalized spacial score (nSPS) is 11.2. The van der Waals surface area contributed by atoms with Crippen molar-refractivity contribution < 1.29 is 10.2 Å². The molecule has 0 bridgehead atoms. The zero-order chi connectivity index (χ0) is 16.2. The van der Waals surface area contributed by atoms with Gasteiger partial charge in [-0.25, -0.2) is 0 Å². The molecule has 0 saturated carbocycles. The van der Waals surface area contributed by atoms with Crippen LogP contribution in [0.2, 0.25) is 0 Å². The van der Waals surface area contributed by atoms with Crippen molar-refractivity contribution in [3.05, 3.63) is 23.8 Å². The predicted octanol–water partition coefficient (Wildman–Crippen LogP) is 5.06. The van der Waals surface area contributed by atoms with Crippen molar-refractivity contribution in [1.82, 2.24) is 4.90 Å². The van der Waals surface area contributed by atoms with E-state index >= 15 is 0 Å². The average molecular weight is 307 g/mol. The van der Waals surface area contributed by atoms with Crippen LogP contribution in [0, 0.1) is 0 Å². The molecule has 1 aromatic carbocycles. The second-order valence-electron chi connectivity index (χ2n) is 6.18. The Hall–Kier alpha value is -1.22. The summed E-state index contributed by atoms with van der Waals surface area (Å²) >= 11 is 0. The number of phenols is 2. The van der Waals surface area contributed by atoms with E-state index in [0.29, 0.717) is 0 Å². The molecule has 1 rings (SSSR count). The number of rotatable bonds is 12. The fourth-order valence-electron chi connectivity index (χ4n) is 2.74. The van der Waals surface area contributed by atoms with Gasteiger partial charge in [-0.3, -0.25) is 4.90 Å². The van der Waals surface area contributed by atoms with Gasteiger partial charge in [-0.05, 0) is 32.0 Å². The van der Waals surface area contributed by atoms with Gasteiger partial charge < -0.3 is 10.2 Å². The van der Waals surface area contributed by atoms with Crippen LogP contribution in [0.25, 0.3) is 0 Å². The highest BCUT2D eigenvalue weighted by Gasteiger charge is 2.11. The minimum atomic E-state index is -0.0191. The smallest absolute Gasteiger partial charge is 0.161 e. The zero-order valence-corrected chi connectivity index (χ0v) is 14.4. The third kappa shape index (κ3) is 7.17. The van der Waals surface area contributed by atoms with Crippen molar-refractivity contribution in [3.8, 4) is 11.5 Å². The minimum absolute atomic E-state index is 0.0191. The van der Waals surface area contributed by atoms with Crippen LogP contribution in [0.1, 0.15) is 70.8 Å². The fourth-order valence-corrected chi connectivity index (χ4v) is 2.74. The third-order valence-corrected chi connectivity index (χ3v) is 4.15. The van der Waals surface area contributed by atoms with Crippen molar-refractivity contribution in [2.75, 3.05) is 13.1 Å².